The lowest BCUT2D eigenvalue weighted by atomic mass is 10.1. The number of benzene rings is 2. The Hall–Kier alpha value is -2.42. The monoisotopic (exact) mass is 281 g/mol. The van der Waals surface area contributed by atoms with Crippen molar-refractivity contribution in [2.24, 2.45) is 0 Å². The highest BCUT2D eigenvalue weighted by Crippen LogP contribution is 2.33. The van der Waals surface area contributed by atoms with Gasteiger partial charge in [-0.05, 0) is 54.4 Å². The lowest BCUT2D eigenvalue weighted by molar-refractivity contribution is 0.414. The normalized spacial score (nSPS) is 13.5. The summed E-state index contributed by atoms with van der Waals surface area (Å²) in [5.74, 6) is 1.78. The van der Waals surface area contributed by atoms with Crippen molar-refractivity contribution in [3.05, 3.63) is 60.2 Å². The van der Waals surface area contributed by atoms with Crippen LogP contribution in [0.1, 0.15) is 5.56 Å². The number of rotatable bonds is 3. The van der Waals surface area contributed by atoms with E-state index >= 15 is 0 Å². The van der Waals surface area contributed by atoms with Crippen molar-refractivity contribution in [1.82, 2.24) is 0 Å². The zero-order valence-electron chi connectivity index (χ0n) is 12.4. The molecular formula is C18H19NO2. The predicted octanol–water partition coefficient (Wildman–Crippen LogP) is 3.95. The minimum Gasteiger partial charge on any atom is -0.497 e. The third-order valence-corrected chi connectivity index (χ3v) is 3.75. The molecule has 3 rings (SSSR count). The van der Waals surface area contributed by atoms with Gasteiger partial charge in [0.1, 0.15) is 11.5 Å². The van der Waals surface area contributed by atoms with Crippen LogP contribution in [0, 0.1) is 0 Å². The van der Waals surface area contributed by atoms with Crippen LogP contribution in [0.15, 0.2) is 54.6 Å². The van der Waals surface area contributed by atoms with Gasteiger partial charge in [-0.1, -0.05) is 12.2 Å². The number of allylic oxidation sites excluding steroid dienone is 1. The second-order valence-electron chi connectivity index (χ2n) is 4.98. The van der Waals surface area contributed by atoms with Gasteiger partial charge < -0.3 is 14.4 Å². The van der Waals surface area contributed by atoms with Crippen LogP contribution in [-0.4, -0.2) is 20.8 Å². The molecule has 2 aromatic carbocycles. The molecule has 3 heteroatoms. The van der Waals surface area contributed by atoms with Crippen LogP contribution in [0.3, 0.4) is 0 Å². The minimum absolute atomic E-state index is 0.867. The zero-order valence-corrected chi connectivity index (χ0v) is 12.4. The van der Waals surface area contributed by atoms with Gasteiger partial charge in [0.2, 0.25) is 0 Å². The van der Waals surface area contributed by atoms with Gasteiger partial charge in [0, 0.05) is 17.9 Å². The summed E-state index contributed by atoms with van der Waals surface area (Å²) >= 11 is 0. The molecule has 0 bridgehead atoms. The summed E-state index contributed by atoms with van der Waals surface area (Å²) < 4.78 is 10.6. The van der Waals surface area contributed by atoms with Gasteiger partial charge in [-0.3, -0.25) is 0 Å². The number of hydrogen-bond donors (Lipinski definition) is 0. The number of fused-ring (bicyclic) bond motifs is 1. The Kier molecular flexibility index (Phi) is 3.82. The van der Waals surface area contributed by atoms with Crippen LogP contribution in [0.2, 0.25) is 0 Å². The maximum Gasteiger partial charge on any atom is 0.119 e. The quantitative estimate of drug-likeness (QED) is 0.795. The van der Waals surface area contributed by atoms with E-state index in [1.54, 1.807) is 14.2 Å². The maximum atomic E-state index is 5.33. The lowest BCUT2D eigenvalue weighted by Gasteiger charge is -2.25. The summed E-state index contributed by atoms with van der Waals surface area (Å²) in [6, 6.07) is 14.4. The van der Waals surface area contributed by atoms with Crippen molar-refractivity contribution >= 4 is 11.4 Å². The van der Waals surface area contributed by atoms with Crippen LogP contribution in [0.5, 0.6) is 11.5 Å². The summed E-state index contributed by atoms with van der Waals surface area (Å²) in [5, 5.41) is 0. The summed E-state index contributed by atoms with van der Waals surface area (Å²) in [6.45, 7) is 0.867. The zero-order chi connectivity index (χ0) is 14.7. The van der Waals surface area contributed by atoms with Crippen LogP contribution in [0.25, 0.3) is 0 Å². The molecule has 3 nitrogen and oxygen atoms in total. The molecule has 0 saturated heterocycles. The number of ether oxygens (including phenoxy) is 2. The maximum absolute atomic E-state index is 5.33. The van der Waals surface area contributed by atoms with Crippen molar-refractivity contribution in [3.8, 4) is 11.5 Å². The molecule has 1 aliphatic heterocycles. The summed E-state index contributed by atoms with van der Waals surface area (Å²) in [7, 11) is 3.39. The van der Waals surface area contributed by atoms with E-state index in [1.807, 2.05) is 18.2 Å². The van der Waals surface area contributed by atoms with Gasteiger partial charge in [-0.25, -0.2) is 0 Å². The number of hydrogen-bond acceptors (Lipinski definition) is 3. The average Bonchev–Trinajstić information content (AvgIpc) is 2.76. The first-order valence-electron chi connectivity index (χ1n) is 7.05. The molecule has 21 heavy (non-hydrogen) atoms. The molecule has 1 heterocycles. The second kappa shape index (κ2) is 5.92. The molecule has 0 unspecified atom stereocenters. The first-order chi connectivity index (χ1) is 10.3. The first-order valence-corrected chi connectivity index (χ1v) is 7.05. The van der Waals surface area contributed by atoms with Crippen molar-refractivity contribution in [2.45, 2.75) is 6.42 Å². The van der Waals surface area contributed by atoms with E-state index in [9.17, 15) is 0 Å². The summed E-state index contributed by atoms with van der Waals surface area (Å²) in [5.41, 5.74) is 3.67. The minimum atomic E-state index is 0.867. The Morgan fingerprint density at radius 1 is 0.857 bits per heavy atom. The smallest absolute Gasteiger partial charge is 0.119 e. The summed E-state index contributed by atoms with van der Waals surface area (Å²) in [4.78, 5) is 2.30. The van der Waals surface area contributed by atoms with E-state index in [0.29, 0.717) is 0 Å². The Morgan fingerprint density at radius 3 is 2.29 bits per heavy atom. The predicted molar refractivity (Wildman–Crippen MR) is 85.8 cm³/mol. The van der Waals surface area contributed by atoms with Crippen LogP contribution in [0.4, 0.5) is 11.4 Å². The molecule has 0 fully saturated rings. The highest BCUT2D eigenvalue weighted by molar-refractivity contribution is 5.69. The Labute approximate surface area is 125 Å². The number of nitrogens with zero attached hydrogens (tertiary/aromatic N) is 1. The molecule has 0 aliphatic carbocycles. The van der Waals surface area contributed by atoms with Gasteiger partial charge >= 0.3 is 0 Å². The molecule has 1 aliphatic rings. The van der Waals surface area contributed by atoms with E-state index in [2.05, 4.69) is 41.3 Å². The number of anilines is 2. The Morgan fingerprint density at radius 2 is 1.57 bits per heavy atom. The largest absolute Gasteiger partial charge is 0.497 e. The van der Waals surface area contributed by atoms with Crippen molar-refractivity contribution < 1.29 is 9.47 Å². The fourth-order valence-corrected chi connectivity index (χ4v) is 2.61. The van der Waals surface area contributed by atoms with Crippen LogP contribution >= 0.6 is 0 Å². The van der Waals surface area contributed by atoms with E-state index < -0.39 is 0 Å². The summed E-state index contributed by atoms with van der Waals surface area (Å²) in [6.07, 6.45) is 5.34. The standard InChI is InChI=1S/C18H19NO2/c1-20-16-8-6-15(7-9-16)19-12-4-3-5-14-13-17(21-2)10-11-18(14)19/h3-4,6-11,13H,5,12H2,1-2H3. The van der Waals surface area contributed by atoms with E-state index in [0.717, 1.165) is 30.2 Å². The van der Waals surface area contributed by atoms with Crippen LogP contribution in [-0.2, 0) is 6.42 Å². The third kappa shape index (κ3) is 2.72. The van der Waals surface area contributed by atoms with E-state index in [1.165, 1.54) is 11.3 Å². The van der Waals surface area contributed by atoms with Crippen molar-refractivity contribution in [1.29, 1.82) is 0 Å². The Bertz CT molecular complexity index is 647. The van der Waals surface area contributed by atoms with Crippen molar-refractivity contribution in [2.75, 3.05) is 25.7 Å². The highest BCUT2D eigenvalue weighted by atomic mass is 16.5. The van der Waals surface area contributed by atoms with E-state index in [-0.39, 0.29) is 0 Å². The molecule has 0 amide bonds. The topological polar surface area (TPSA) is 21.7 Å². The van der Waals surface area contributed by atoms with Gasteiger partial charge in [0.15, 0.2) is 0 Å². The molecule has 0 atom stereocenters. The van der Waals surface area contributed by atoms with Crippen LogP contribution < -0.4 is 14.4 Å². The fourth-order valence-electron chi connectivity index (χ4n) is 2.61. The molecule has 0 radical (unpaired) electrons. The van der Waals surface area contributed by atoms with Crippen molar-refractivity contribution in [3.63, 3.8) is 0 Å². The first kappa shape index (κ1) is 13.6. The molecule has 2 aromatic rings. The molecule has 0 spiro atoms. The van der Waals surface area contributed by atoms with Gasteiger partial charge in [0.25, 0.3) is 0 Å². The molecule has 0 saturated carbocycles. The molecule has 0 aromatic heterocycles. The molecule has 108 valence electrons. The average molecular weight is 281 g/mol. The Balaban J connectivity index is 2.01. The SMILES string of the molecule is COc1ccc(N2CC=CCc3cc(OC)ccc32)cc1. The second-order valence-corrected chi connectivity index (χ2v) is 4.98. The van der Waals surface area contributed by atoms with E-state index in [4.69, 9.17) is 9.47 Å². The molecule has 0 N–H and O–H groups in total. The lowest BCUT2D eigenvalue weighted by Crippen LogP contribution is -2.17. The molecular weight excluding hydrogens is 262 g/mol. The van der Waals surface area contributed by atoms with Gasteiger partial charge in [-0.15, -0.1) is 0 Å². The van der Waals surface area contributed by atoms with Gasteiger partial charge in [-0.2, -0.15) is 0 Å². The van der Waals surface area contributed by atoms with Gasteiger partial charge in [0.05, 0.1) is 14.2 Å². The highest BCUT2D eigenvalue weighted by Gasteiger charge is 2.15. The fraction of sp³-hybridized carbons (Fsp3) is 0.222. The number of methoxy groups -OCH3 is 2. The third-order valence-electron chi connectivity index (χ3n) is 3.75.